The Hall–Kier alpha value is -1.82. The van der Waals surface area contributed by atoms with Crippen molar-refractivity contribution in [2.24, 2.45) is 0 Å². The second-order valence-electron chi connectivity index (χ2n) is 4.56. The third kappa shape index (κ3) is 3.84. The van der Waals surface area contributed by atoms with Crippen molar-refractivity contribution in [1.82, 2.24) is 14.4 Å². The first kappa shape index (κ1) is 14.6. The Labute approximate surface area is 119 Å². The van der Waals surface area contributed by atoms with E-state index in [4.69, 9.17) is 4.74 Å². The molecule has 2 N–H and O–H groups in total. The van der Waals surface area contributed by atoms with Gasteiger partial charge in [-0.2, -0.15) is 0 Å². The van der Waals surface area contributed by atoms with Crippen LogP contribution in [0.25, 0.3) is 5.65 Å². The molecule has 0 aliphatic rings. The standard InChI is InChI=1S/C14H23N5O/c1-3-5-9-20-10-7-16-13-14-17-6-8-19(14)11-12(18-13)15-4-2/h6,8,11,15H,3-5,7,9-10H2,1-2H3,(H,16,18). The molecule has 2 aromatic rings. The summed E-state index contributed by atoms with van der Waals surface area (Å²) in [5.41, 5.74) is 0.834. The number of hydrogen-bond donors (Lipinski definition) is 2. The number of aromatic nitrogens is 3. The second kappa shape index (κ2) is 7.69. The van der Waals surface area contributed by atoms with Crippen LogP contribution in [0.4, 0.5) is 11.6 Å². The van der Waals surface area contributed by atoms with E-state index >= 15 is 0 Å². The fourth-order valence-corrected chi connectivity index (χ4v) is 1.91. The lowest BCUT2D eigenvalue weighted by Crippen LogP contribution is -2.13. The van der Waals surface area contributed by atoms with E-state index in [1.165, 1.54) is 0 Å². The fourth-order valence-electron chi connectivity index (χ4n) is 1.91. The quantitative estimate of drug-likeness (QED) is 0.689. The molecular weight excluding hydrogens is 254 g/mol. The number of hydrogen-bond acceptors (Lipinski definition) is 5. The first-order valence-electron chi connectivity index (χ1n) is 7.24. The fraction of sp³-hybridized carbons (Fsp3) is 0.571. The molecule has 6 nitrogen and oxygen atoms in total. The molecule has 0 aliphatic heterocycles. The van der Waals surface area contributed by atoms with Gasteiger partial charge >= 0.3 is 0 Å². The summed E-state index contributed by atoms with van der Waals surface area (Å²) in [7, 11) is 0. The number of rotatable bonds is 9. The molecule has 0 atom stereocenters. The first-order chi connectivity index (χ1) is 9.85. The highest BCUT2D eigenvalue weighted by molar-refractivity contribution is 5.65. The van der Waals surface area contributed by atoms with Gasteiger partial charge in [0.25, 0.3) is 0 Å². The number of fused-ring (bicyclic) bond motifs is 1. The van der Waals surface area contributed by atoms with E-state index in [1.807, 2.05) is 16.8 Å². The van der Waals surface area contributed by atoms with Crippen LogP contribution in [-0.2, 0) is 4.74 Å². The lowest BCUT2D eigenvalue weighted by atomic mass is 10.4. The number of imidazole rings is 1. The minimum Gasteiger partial charge on any atom is -0.380 e. The number of anilines is 2. The average molecular weight is 277 g/mol. The molecule has 2 heterocycles. The van der Waals surface area contributed by atoms with Crippen molar-refractivity contribution < 1.29 is 4.74 Å². The minimum absolute atomic E-state index is 0.681. The zero-order valence-corrected chi connectivity index (χ0v) is 12.2. The van der Waals surface area contributed by atoms with Crippen molar-refractivity contribution in [3.05, 3.63) is 18.6 Å². The van der Waals surface area contributed by atoms with Gasteiger partial charge in [-0.1, -0.05) is 13.3 Å². The summed E-state index contributed by atoms with van der Waals surface area (Å²) in [4.78, 5) is 8.85. The molecule has 0 bridgehead atoms. The van der Waals surface area contributed by atoms with Crippen LogP contribution < -0.4 is 10.6 Å². The van der Waals surface area contributed by atoms with E-state index in [-0.39, 0.29) is 0 Å². The SMILES string of the molecule is CCCCOCCNc1nc(NCC)cn2ccnc12. The molecule has 0 fully saturated rings. The summed E-state index contributed by atoms with van der Waals surface area (Å²) in [6.07, 6.45) is 7.90. The van der Waals surface area contributed by atoms with Crippen LogP contribution in [0.5, 0.6) is 0 Å². The van der Waals surface area contributed by atoms with Crippen molar-refractivity contribution in [2.45, 2.75) is 26.7 Å². The molecule has 0 saturated heterocycles. The summed E-state index contributed by atoms with van der Waals surface area (Å²) in [5, 5.41) is 6.51. The van der Waals surface area contributed by atoms with Crippen molar-refractivity contribution in [3.63, 3.8) is 0 Å². The molecule has 20 heavy (non-hydrogen) atoms. The third-order valence-electron chi connectivity index (χ3n) is 2.91. The number of nitrogens with zero attached hydrogens (tertiary/aromatic N) is 3. The molecule has 2 aromatic heterocycles. The van der Waals surface area contributed by atoms with Gasteiger partial charge in [0, 0.05) is 32.1 Å². The Kier molecular flexibility index (Phi) is 5.61. The summed E-state index contributed by atoms with van der Waals surface area (Å²) in [6.45, 7) is 7.28. The Morgan fingerprint density at radius 1 is 1.25 bits per heavy atom. The maximum atomic E-state index is 5.53. The summed E-state index contributed by atoms with van der Waals surface area (Å²) < 4.78 is 7.50. The predicted octanol–water partition coefficient (Wildman–Crippen LogP) is 2.39. The van der Waals surface area contributed by atoms with Crippen LogP contribution in [0, 0.1) is 0 Å². The molecule has 6 heteroatoms. The molecule has 110 valence electrons. The van der Waals surface area contributed by atoms with Crippen LogP contribution in [0.2, 0.25) is 0 Å². The van der Waals surface area contributed by atoms with E-state index in [2.05, 4.69) is 34.4 Å². The Morgan fingerprint density at radius 2 is 2.15 bits per heavy atom. The van der Waals surface area contributed by atoms with Crippen LogP contribution in [0.15, 0.2) is 18.6 Å². The highest BCUT2D eigenvalue weighted by atomic mass is 16.5. The number of nitrogens with one attached hydrogen (secondary N) is 2. The van der Waals surface area contributed by atoms with Gasteiger partial charge in [0.15, 0.2) is 11.5 Å². The normalized spacial score (nSPS) is 10.9. The Morgan fingerprint density at radius 3 is 2.95 bits per heavy atom. The van der Waals surface area contributed by atoms with E-state index in [9.17, 15) is 0 Å². The van der Waals surface area contributed by atoms with Crippen LogP contribution in [0.1, 0.15) is 26.7 Å². The molecular formula is C14H23N5O. The van der Waals surface area contributed by atoms with E-state index < -0.39 is 0 Å². The lowest BCUT2D eigenvalue weighted by molar-refractivity contribution is 0.141. The Balaban J connectivity index is 1.95. The molecule has 0 saturated carbocycles. The second-order valence-corrected chi connectivity index (χ2v) is 4.56. The van der Waals surface area contributed by atoms with Gasteiger partial charge in [0.2, 0.25) is 0 Å². The smallest absolute Gasteiger partial charge is 0.180 e. The highest BCUT2D eigenvalue weighted by Gasteiger charge is 2.06. The van der Waals surface area contributed by atoms with Crippen molar-refractivity contribution in [2.75, 3.05) is 36.9 Å². The largest absolute Gasteiger partial charge is 0.380 e. The summed E-state index contributed by atoms with van der Waals surface area (Å²) in [6, 6.07) is 0. The van der Waals surface area contributed by atoms with Gasteiger partial charge in [-0.25, -0.2) is 9.97 Å². The zero-order chi connectivity index (χ0) is 14.2. The predicted molar refractivity (Wildman–Crippen MR) is 81.4 cm³/mol. The monoisotopic (exact) mass is 277 g/mol. The van der Waals surface area contributed by atoms with Gasteiger partial charge in [-0.15, -0.1) is 0 Å². The van der Waals surface area contributed by atoms with Gasteiger partial charge < -0.3 is 19.8 Å². The minimum atomic E-state index is 0.681. The van der Waals surface area contributed by atoms with Crippen LogP contribution in [-0.4, -0.2) is 40.7 Å². The lowest BCUT2D eigenvalue weighted by Gasteiger charge is -2.10. The molecule has 0 spiro atoms. The molecule has 2 rings (SSSR count). The van der Waals surface area contributed by atoms with Crippen molar-refractivity contribution in [1.29, 1.82) is 0 Å². The molecule has 0 amide bonds. The maximum Gasteiger partial charge on any atom is 0.180 e. The van der Waals surface area contributed by atoms with Gasteiger partial charge in [-0.3, -0.25) is 0 Å². The maximum absolute atomic E-state index is 5.53. The van der Waals surface area contributed by atoms with Crippen molar-refractivity contribution in [3.8, 4) is 0 Å². The van der Waals surface area contributed by atoms with E-state index in [0.717, 1.165) is 49.8 Å². The first-order valence-corrected chi connectivity index (χ1v) is 7.24. The average Bonchev–Trinajstić information content (AvgIpc) is 2.91. The van der Waals surface area contributed by atoms with Crippen LogP contribution >= 0.6 is 0 Å². The molecule has 0 aliphatic carbocycles. The van der Waals surface area contributed by atoms with Gasteiger partial charge in [0.1, 0.15) is 5.82 Å². The number of ether oxygens (including phenoxy) is 1. The summed E-state index contributed by atoms with van der Waals surface area (Å²) in [5.74, 6) is 1.62. The Bertz CT molecular complexity index is 525. The van der Waals surface area contributed by atoms with E-state index in [1.54, 1.807) is 6.20 Å². The zero-order valence-electron chi connectivity index (χ0n) is 12.2. The van der Waals surface area contributed by atoms with E-state index in [0.29, 0.717) is 6.61 Å². The van der Waals surface area contributed by atoms with Gasteiger partial charge in [-0.05, 0) is 13.3 Å². The topological polar surface area (TPSA) is 63.5 Å². The molecule has 0 unspecified atom stereocenters. The van der Waals surface area contributed by atoms with Gasteiger partial charge in [0.05, 0.1) is 12.8 Å². The molecule has 0 aromatic carbocycles. The molecule has 0 radical (unpaired) electrons. The third-order valence-corrected chi connectivity index (χ3v) is 2.91. The highest BCUT2D eigenvalue weighted by Crippen LogP contribution is 2.15. The summed E-state index contributed by atoms with van der Waals surface area (Å²) >= 11 is 0. The van der Waals surface area contributed by atoms with Crippen LogP contribution in [0.3, 0.4) is 0 Å². The number of unbranched alkanes of at least 4 members (excludes halogenated alkanes) is 1. The van der Waals surface area contributed by atoms with Crippen molar-refractivity contribution >= 4 is 17.3 Å².